The number of nitrogens with one attached hydrogen (secondary N) is 2. The molecule has 0 radical (unpaired) electrons. The number of nitrogens with zero attached hydrogens (tertiary/aromatic N) is 1. The maximum Gasteiger partial charge on any atom is 0.338 e. The third-order valence-electron chi connectivity index (χ3n) is 5.48. The van der Waals surface area contributed by atoms with Gasteiger partial charge < -0.3 is 15.4 Å². The molecule has 1 atom stereocenters. The van der Waals surface area contributed by atoms with Crippen LogP contribution in [0.2, 0.25) is 0 Å². The number of esters is 1. The zero-order valence-electron chi connectivity index (χ0n) is 20.5. The molecule has 1 aliphatic heterocycles. The average molecular weight is 464 g/mol. The molecule has 34 heavy (non-hydrogen) atoms. The number of hydrogen-bond donors (Lipinski definition) is 2. The Balaban J connectivity index is 2.17. The van der Waals surface area contributed by atoms with Gasteiger partial charge in [0, 0.05) is 17.6 Å². The summed E-state index contributed by atoms with van der Waals surface area (Å²) in [6.45, 7) is 9.90. The molecule has 0 saturated carbocycles. The summed E-state index contributed by atoms with van der Waals surface area (Å²) in [6.07, 6.45) is 0.721. The highest BCUT2D eigenvalue weighted by Gasteiger charge is 2.38. The van der Waals surface area contributed by atoms with Gasteiger partial charge in [0.25, 0.3) is 0 Å². The molecule has 7 heteroatoms. The van der Waals surface area contributed by atoms with E-state index in [2.05, 4.69) is 10.6 Å². The Morgan fingerprint density at radius 3 is 2.38 bits per heavy atom. The number of amides is 3. The van der Waals surface area contributed by atoms with E-state index in [9.17, 15) is 14.4 Å². The molecule has 1 aliphatic rings. The van der Waals surface area contributed by atoms with Crippen LogP contribution in [0.25, 0.3) is 5.70 Å². The average Bonchev–Trinajstić information content (AvgIpc) is 2.80. The van der Waals surface area contributed by atoms with Crippen molar-refractivity contribution in [2.24, 2.45) is 5.41 Å². The molecule has 2 N–H and O–H groups in total. The van der Waals surface area contributed by atoms with Gasteiger partial charge in [0.2, 0.25) is 5.91 Å². The summed E-state index contributed by atoms with van der Waals surface area (Å²) in [5, 5.41) is 5.90. The van der Waals surface area contributed by atoms with Crippen LogP contribution in [0.5, 0.6) is 0 Å². The third kappa shape index (κ3) is 5.47. The molecule has 2 aromatic rings. The van der Waals surface area contributed by atoms with Gasteiger partial charge in [-0.05, 0) is 36.6 Å². The first-order valence-electron chi connectivity index (χ1n) is 11.6. The summed E-state index contributed by atoms with van der Waals surface area (Å²) in [6, 6.07) is 15.6. The molecule has 3 amide bonds. The third-order valence-corrected chi connectivity index (χ3v) is 5.48. The largest absolute Gasteiger partial charge is 0.463 e. The van der Waals surface area contributed by atoms with Crippen molar-refractivity contribution in [3.05, 3.63) is 71.3 Å². The quantitative estimate of drug-likeness (QED) is 0.558. The summed E-state index contributed by atoms with van der Waals surface area (Å²) >= 11 is 0. The molecule has 0 unspecified atom stereocenters. The van der Waals surface area contributed by atoms with Crippen molar-refractivity contribution in [1.29, 1.82) is 0 Å². The Hall–Kier alpha value is -3.61. The Kier molecular flexibility index (Phi) is 7.76. The fraction of sp³-hybridized carbons (Fsp3) is 0.370. The smallest absolute Gasteiger partial charge is 0.338 e. The minimum absolute atomic E-state index is 0.127. The van der Waals surface area contributed by atoms with Gasteiger partial charge in [0.05, 0.1) is 23.9 Å². The number of benzene rings is 2. The SMILES string of the molecule is CCCN1C(=O)N[C@H](c2cccc(NC(=O)C(C)(C)C)c2)C(C(=O)OCC)=C1c1ccccc1. The minimum Gasteiger partial charge on any atom is -0.463 e. The van der Waals surface area contributed by atoms with Gasteiger partial charge in [0.1, 0.15) is 0 Å². The number of carbonyl (C=O) groups is 3. The maximum atomic E-state index is 13.3. The predicted octanol–water partition coefficient (Wildman–Crippen LogP) is 5.12. The molecule has 1 heterocycles. The lowest BCUT2D eigenvalue weighted by Gasteiger charge is -2.37. The fourth-order valence-corrected chi connectivity index (χ4v) is 3.79. The lowest BCUT2D eigenvalue weighted by Crippen LogP contribution is -2.48. The van der Waals surface area contributed by atoms with Gasteiger partial charge in [-0.25, -0.2) is 9.59 Å². The van der Waals surface area contributed by atoms with Crippen molar-refractivity contribution >= 4 is 29.3 Å². The van der Waals surface area contributed by atoms with Crippen LogP contribution in [-0.4, -0.2) is 36.0 Å². The van der Waals surface area contributed by atoms with Gasteiger partial charge in [-0.2, -0.15) is 0 Å². The summed E-state index contributed by atoms with van der Waals surface area (Å²) in [5.41, 5.74) is 2.36. The maximum absolute atomic E-state index is 13.3. The molecule has 0 spiro atoms. The second kappa shape index (κ2) is 10.5. The van der Waals surface area contributed by atoms with Crippen molar-refractivity contribution in [1.82, 2.24) is 10.2 Å². The monoisotopic (exact) mass is 463 g/mol. The van der Waals surface area contributed by atoms with Crippen LogP contribution in [0.3, 0.4) is 0 Å². The van der Waals surface area contributed by atoms with Crippen molar-refractivity contribution in [2.75, 3.05) is 18.5 Å². The Morgan fingerprint density at radius 2 is 1.76 bits per heavy atom. The first-order chi connectivity index (χ1) is 16.2. The highest BCUT2D eigenvalue weighted by molar-refractivity contribution is 6.04. The van der Waals surface area contributed by atoms with E-state index < -0.39 is 17.4 Å². The van der Waals surface area contributed by atoms with Crippen LogP contribution in [0.15, 0.2) is 60.2 Å². The summed E-state index contributed by atoms with van der Waals surface area (Å²) in [4.78, 5) is 40.6. The molecule has 0 saturated heterocycles. The van der Waals surface area contributed by atoms with Crippen molar-refractivity contribution in [2.45, 2.75) is 47.1 Å². The van der Waals surface area contributed by atoms with E-state index in [0.717, 1.165) is 12.0 Å². The van der Waals surface area contributed by atoms with Gasteiger partial charge in [-0.1, -0.05) is 70.2 Å². The Bertz CT molecular complexity index is 1090. The molecule has 3 rings (SSSR count). The van der Waals surface area contributed by atoms with Crippen LogP contribution < -0.4 is 10.6 Å². The topological polar surface area (TPSA) is 87.7 Å². The molecule has 2 aromatic carbocycles. The Morgan fingerprint density at radius 1 is 1.06 bits per heavy atom. The highest BCUT2D eigenvalue weighted by atomic mass is 16.5. The summed E-state index contributed by atoms with van der Waals surface area (Å²) in [5.74, 6) is -0.617. The van der Waals surface area contributed by atoms with E-state index in [1.165, 1.54) is 0 Å². The minimum atomic E-state index is -0.735. The van der Waals surface area contributed by atoms with Crippen molar-refractivity contribution in [3.63, 3.8) is 0 Å². The molecule has 0 aromatic heterocycles. The summed E-state index contributed by atoms with van der Waals surface area (Å²) in [7, 11) is 0. The lowest BCUT2D eigenvalue weighted by atomic mass is 9.91. The molecule has 0 fully saturated rings. The van der Waals surface area contributed by atoms with E-state index in [1.54, 1.807) is 30.0 Å². The number of anilines is 1. The van der Waals surface area contributed by atoms with Crippen LogP contribution in [0.4, 0.5) is 10.5 Å². The highest BCUT2D eigenvalue weighted by Crippen LogP contribution is 2.37. The number of carbonyl (C=O) groups excluding carboxylic acids is 3. The van der Waals surface area contributed by atoms with E-state index in [0.29, 0.717) is 29.1 Å². The van der Waals surface area contributed by atoms with Crippen molar-refractivity contribution < 1.29 is 19.1 Å². The number of hydrogen-bond acceptors (Lipinski definition) is 4. The molecular weight excluding hydrogens is 430 g/mol. The molecule has 0 bridgehead atoms. The van der Waals surface area contributed by atoms with Crippen LogP contribution in [0.1, 0.15) is 58.2 Å². The standard InChI is InChI=1S/C27H33N3O4/c1-6-16-30-23(18-12-9-8-10-13-18)21(24(31)34-7-2)22(29-26(30)33)19-14-11-15-20(17-19)28-25(32)27(3,4)5/h8-15,17,22H,6-7,16H2,1-5H3,(H,28,32)(H,29,33)/t22-/m1/s1. The van der Waals surface area contributed by atoms with E-state index in [4.69, 9.17) is 4.74 Å². The van der Waals surface area contributed by atoms with Gasteiger partial charge in [-0.15, -0.1) is 0 Å². The number of rotatable bonds is 7. The molecular formula is C27H33N3O4. The van der Waals surface area contributed by atoms with E-state index in [1.807, 2.05) is 64.1 Å². The second-order valence-electron chi connectivity index (χ2n) is 9.21. The van der Waals surface area contributed by atoms with E-state index >= 15 is 0 Å². The van der Waals surface area contributed by atoms with Gasteiger partial charge >= 0.3 is 12.0 Å². The fourth-order valence-electron chi connectivity index (χ4n) is 3.79. The zero-order chi connectivity index (χ0) is 24.9. The first-order valence-corrected chi connectivity index (χ1v) is 11.6. The number of ether oxygens (including phenoxy) is 1. The van der Waals surface area contributed by atoms with E-state index in [-0.39, 0.29) is 18.5 Å². The van der Waals surface area contributed by atoms with Crippen LogP contribution in [-0.2, 0) is 14.3 Å². The molecule has 180 valence electrons. The number of urea groups is 1. The van der Waals surface area contributed by atoms with Crippen molar-refractivity contribution in [3.8, 4) is 0 Å². The summed E-state index contributed by atoms with van der Waals surface area (Å²) < 4.78 is 5.44. The Labute approximate surface area is 201 Å². The molecule has 7 nitrogen and oxygen atoms in total. The van der Waals surface area contributed by atoms with Gasteiger partial charge in [0.15, 0.2) is 0 Å². The van der Waals surface area contributed by atoms with Gasteiger partial charge in [-0.3, -0.25) is 9.69 Å². The second-order valence-corrected chi connectivity index (χ2v) is 9.21. The normalized spacial score (nSPS) is 16.2. The lowest BCUT2D eigenvalue weighted by molar-refractivity contribution is -0.139. The van der Waals surface area contributed by atoms with Crippen LogP contribution >= 0.6 is 0 Å². The predicted molar refractivity (Wildman–Crippen MR) is 133 cm³/mol. The van der Waals surface area contributed by atoms with Crippen LogP contribution in [0, 0.1) is 5.41 Å². The first kappa shape index (κ1) is 25.0. The molecule has 0 aliphatic carbocycles. The zero-order valence-corrected chi connectivity index (χ0v) is 20.5.